The molecule has 4 heteroatoms. The summed E-state index contributed by atoms with van der Waals surface area (Å²) in [6.45, 7) is 8.92. The van der Waals surface area contributed by atoms with Gasteiger partial charge in [0.1, 0.15) is 5.82 Å². The molecule has 110 valence electrons. The van der Waals surface area contributed by atoms with Gasteiger partial charge in [-0.2, -0.15) is 4.98 Å². The molecular formula is C16H26N4. The summed E-state index contributed by atoms with van der Waals surface area (Å²) in [5, 5.41) is 0. The first-order chi connectivity index (χ1) is 9.72. The van der Waals surface area contributed by atoms with Crippen LogP contribution in [-0.2, 0) is 0 Å². The molecule has 1 aromatic heterocycles. The van der Waals surface area contributed by atoms with E-state index in [9.17, 15) is 0 Å². The fraction of sp³-hybridized carbons (Fsp3) is 0.750. The molecule has 0 spiro atoms. The van der Waals surface area contributed by atoms with Crippen molar-refractivity contribution in [2.24, 2.45) is 5.92 Å². The number of aryl methyl sites for hydroxylation is 1. The molecule has 2 saturated heterocycles. The zero-order valence-electron chi connectivity index (χ0n) is 12.8. The lowest BCUT2D eigenvalue weighted by molar-refractivity contribution is 0.434. The van der Waals surface area contributed by atoms with Crippen molar-refractivity contribution in [2.45, 2.75) is 46.0 Å². The Morgan fingerprint density at radius 1 is 0.950 bits per heavy atom. The van der Waals surface area contributed by atoms with E-state index < -0.39 is 0 Å². The van der Waals surface area contributed by atoms with Gasteiger partial charge < -0.3 is 9.80 Å². The Labute approximate surface area is 122 Å². The molecule has 0 amide bonds. The monoisotopic (exact) mass is 274 g/mol. The first kappa shape index (κ1) is 13.7. The van der Waals surface area contributed by atoms with Gasteiger partial charge in [-0.15, -0.1) is 0 Å². The molecule has 0 bridgehead atoms. The van der Waals surface area contributed by atoms with Crippen LogP contribution < -0.4 is 9.80 Å². The van der Waals surface area contributed by atoms with E-state index in [-0.39, 0.29) is 0 Å². The summed E-state index contributed by atoms with van der Waals surface area (Å²) in [5.74, 6) is 2.92. The highest BCUT2D eigenvalue weighted by atomic mass is 15.3. The molecular weight excluding hydrogens is 248 g/mol. The number of aromatic nitrogens is 2. The lowest BCUT2D eigenvalue weighted by Crippen LogP contribution is -2.35. The lowest BCUT2D eigenvalue weighted by atomic mass is 10.00. The van der Waals surface area contributed by atoms with Crippen molar-refractivity contribution < 1.29 is 0 Å². The second kappa shape index (κ2) is 5.98. The summed E-state index contributed by atoms with van der Waals surface area (Å²) in [4.78, 5) is 14.3. The largest absolute Gasteiger partial charge is 0.356 e. The van der Waals surface area contributed by atoms with E-state index >= 15 is 0 Å². The van der Waals surface area contributed by atoms with Crippen molar-refractivity contribution in [2.75, 3.05) is 36.0 Å². The molecule has 0 atom stereocenters. The molecule has 4 nitrogen and oxygen atoms in total. The van der Waals surface area contributed by atoms with Gasteiger partial charge >= 0.3 is 0 Å². The van der Waals surface area contributed by atoms with Crippen LogP contribution >= 0.6 is 0 Å². The van der Waals surface area contributed by atoms with Crippen LogP contribution in [0.25, 0.3) is 0 Å². The molecule has 0 aliphatic carbocycles. The molecule has 3 heterocycles. The van der Waals surface area contributed by atoms with Gasteiger partial charge in [0.2, 0.25) is 5.95 Å². The first-order valence-corrected chi connectivity index (χ1v) is 8.08. The van der Waals surface area contributed by atoms with E-state index in [0.29, 0.717) is 0 Å². The Balaban J connectivity index is 1.79. The van der Waals surface area contributed by atoms with Gasteiger partial charge in [-0.05, 0) is 44.9 Å². The summed E-state index contributed by atoms with van der Waals surface area (Å²) < 4.78 is 0. The fourth-order valence-corrected chi connectivity index (χ4v) is 3.17. The zero-order valence-corrected chi connectivity index (χ0v) is 12.8. The van der Waals surface area contributed by atoms with E-state index in [0.717, 1.165) is 49.6 Å². The maximum atomic E-state index is 4.85. The van der Waals surface area contributed by atoms with Crippen LogP contribution in [0.15, 0.2) is 6.07 Å². The Kier molecular flexibility index (Phi) is 4.08. The molecule has 0 aromatic carbocycles. The average Bonchev–Trinajstić information content (AvgIpc) is 2.48. The van der Waals surface area contributed by atoms with Crippen LogP contribution in [0.1, 0.15) is 44.7 Å². The van der Waals surface area contributed by atoms with Gasteiger partial charge in [0.15, 0.2) is 0 Å². The van der Waals surface area contributed by atoms with Crippen molar-refractivity contribution in [1.29, 1.82) is 0 Å². The smallest absolute Gasteiger partial charge is 0.227 e. The second-order valence-electron chi connectivity index (χ2n) is 6.38. The maximum Gasteiger partial charge on any atom is 0.227 e. The minimum Gasteiger partial charge on any atom is -0.356 e. The number of hydrogen-bond acceptors (Lipinski definition) is 4. The first-order valence-electron chi connectivity index (χ1n) is 8.08. The number of rotatable bonds is 2. The van der Waals surface area contributed by atoms with E-state index in [1.807, 2.05) is 0 Å². The standard InChI is InChI=1S/C16H26N4/c1-13-6-10-20(11-7-13)16-17-14(2)12-15(18-16)19-8-4-3-5-9-19/h12-13H,3-11H2,1-2H3. The number of piperidine rings is 2. The van der Waals surface area contributed by atoms with Crippen LogP contribution in [0.5, 0.6) is 0 Å². The Hall–Kier alpha value is -1.32. The molecule has 1 aromatic rings. The quantitative estimate of drug-likeness (QED) is 0.830. The van der Waals surface area contributed by atoms with Gasteiger partial charge in [-0.25, -0.2) is 4.98 Å². The average molecular weight is 274 g/mol. The molecule has 0 radical (unpaired) electrons. The van der Waals surface area contributed by atoms with Gasteiger partial charge in [0.05, 0.1) is 0 Å². The summed E-state index contributed by atoms with van der Waals surface area (Å²) in [6.07, 6.45) is 6.46. The van der Waals surface area contributed by atoms with Crippen LogP contribution in [-0.4, -0.2) is 36.1 Å². The van der Waals surface area contributed by atoms with E-state index in [2.05, 4.69) is 34.7 Å². The van der Waals surface area contributed by atoms with Crippen molar-refractivity contribution >= 4 is 11.8 Å². The second-order valence-corrected chi connectivity index (χ2v) is 6.38. The van der Waals surface area contributed by atoms with Crippen molar-refractivity contribution in [3.05, 3.63) is 11.8 Å². The van der Waals surface area contributed by atoms with Crippen LogP contribution in [0.4, 0.5) is 11.8 Å². The highest BCUT2D eigenvalue weighted by Crippen LogP contribution is 2.24. The Morgan fingerprint density at radius 3 is 2.35 bits per heavy atom. The Bertz CT molecular complexity index is 446. The molecule has 0 unspecified atom stereocenters. The Morgan fingerprint density at radius 2 is 1.65 bits per heavy atom. The third-order valence-electron chi connectivity index (χ3n) is 4.58. The predicted octanol–water partition coefficient (Wildman–Crippen LogP) is 3.01. The van der Waals surface area contributed by atoms with Gasteiger partial charge in [-0.3, -0.25) is 0 Å². The minimum atomic E-state index is 0.845. The lowest BCUT2D eigenvalue weighted by Gasteiger charge is -2.32. The number of anilines is 2. The SMILES string of the molecule is Cc1cc(N2CCCCC2)nc(N2CCC(C)CC2)n1. The zero-order chi connectivity index (χ0) is 13.9. The third kappa shape index (κ3) is 3.05. The molecule has 2 aliphatic rings. The van der Waals surface area contributed by atoms with Crippen molar-refractivity contribution in [3.63, 3.8) is 0 Å². The topological polar surface area (TPSA) is 32.3 Å². The molecule has 0 N–H and O–H groups in total. The fourth-order valence-electron chi connectivity index (χ4n) is 3.17. The van der Waals surface area contributed by atoms with Gasteiger partial charge in [0, 0.05) is 37.9 Å². The van der Waals surface area contributed by atoms with E-state index in [1.54, 1.807) is 0 Å². The highest BCUT2D eigenvalue weighted by Gasteiger charge is 2.20. The van der Waals surface area contributed by atoms with Crippen LogP contribution in [0.3, 0.4) is 0 Å². The van der Waals surface area contributed by atoms with Crippen LogP contribution in [0.2, 0.25) is 0 Å². The van der Waals surface area contributed by atoms with Crippen molar-refractivity contribution in [1.82, 2.24) is 9.97 Å². The summed E-state index contributed by atoms with van der Waals surface area (Å²) in [7, 11) is 0. The molecule has 3 rings (SSSR count). The van der Waals surface area contributed by atoms with Gasteiger partial charge in [-0.1, -0.05) is 6.92 Å². The molecule has 2 fully saturated rings. The normalized spacial score (nSPS) is 21.3. The summed E-state index contributed by atoms with van der Waals surface area (Å²) in [6, 6.07) is 2.14. The number of hydrogen-bond donors (Lipinski definition) is 0. The maximum absolute atomic E-state index is 4.85. The summed E-state index contributed by atoms with van der Waals surface area (Å²) in [5.41, 5.74) is 1.09. The van der Waals surface area contributed by atoms with E-state index in [4.69, 9.17) is 4.98 Å². The van der Waals surface area contributed by atoms with Crippen LogP contribution in [0, 0.1) is 12.8 Å². The van der Waals surface area contributed by atoms with Crippen molar-refractivity contribution in [3.8, 4) is 0 Å². The molecule has 20 heavy (non-hydrogen) atoms. The predicted molar refractivity (Wildman–Crippen MR) is 83.4 cm³/mol. The molecule has 0 saturated carbocycles. The highest BCUT2D eigenvalue weighted by molar-refractivity contribution is 5.46. The molecule has 2 aliphatic heterocycles. The third-order valence-corrected chi connectivity index (χ3v) is 4.58. The minimum absolute atomic E-state index is 0.845. The van der Waals surface area contributed by atoms with Gasteiger partial charge in [0.25, 0.3) is 0 Å². The van der Waals surface area contributed by atoms with E-state index in [1.165, 1.54) is 32.1 Å². The number of nitrogens with zero attached hydrogens (tertiary/aromatic N) is 4. The summed E-state index contributed by atoms with van der Waals surface area (Å²) >= 11 is 0.